The molecule has 4 heteroatoms. The number of hydrogen-bond donors (Lipinski definition) is 1. The van der Waals surface area contributed by atoms with Crippen molar-refractivity contribution >= 4 is 17.5 Å². The third-order valence-electron chi connectivity index (χ3n) is 5.52. The molecule has 0 radical (unpaired) electrons. The third kappa shape index (κ3) is 4.84. The molecule has 2 rings (SSSR count). The summed E-state index contributed by atoms with van der Waals surface area (Å²) >= 11 is 5.90. The first-order valence-corrected chi connectivity index (χ1v) is 10.3. The van der Waals surface area contributed by atoms with E-state index in [-0.39, 0.29) is 5.91 Å². The van der Waals surface area contributed by atoms with Gasteiger partial charge in [-0.1, -0.05) is 73.7 Å². The average molecular weight is 400 g/mol. The van der Waals surface area contributed by atoms with Gasteiger partial charge in [0, 0.05) is 12.9 Å². The molecule has 0 fully saturated rings. The van der Waals surface area contributed by atoms with Crippen LogP contribution in [0.15, 0.2) is 73.3 Å². The van der Waals surface area contributed by atoms with E-state index in [4.69, 9.17) is 11.6 Å². The minimum absolute atomic E-state index is 0.0426. The number of halogens is 1. The Hall–Kier alpha value is -2.10. The topological polar surface area (TPSA) is 40.5 Å². The molecule has 1 amide bonds. The number of carbonyl (C=O) groups excluding carboxylic acids is 1. The maximum Gasteiger partial charge on any atom is 0.232 e. The zero-order valence-electron chi connectivity index (χ0n) is 16.7. The zero-order chi connectivity index (χ0) is 20.6. The molecule has 0 spiro atoms. The number of aliphatic hydroxyl groups excluding tert-OH is 1. The lowest BCUT2D eigenvalue weighted by Gasteiger charge is -2.39. The molecule has 1 N–H and O–H groups in total. The quantitative estimate of drug-likeness (QED) is 0.422. The molecule has 3 atom stereocenters. The highest BCUT2D eigenvalue weighted by molar-refractivity contribution is 6.17. The van der Waals surface area contributed by atoms with E-state index >= 15 is 0 Å². The van der Waals surface area contributed by atoms with Crippen molar-refractivity contribution < 1.29 is 9.90 Å². The molecule has 0 saturated heterocycles. The monoisotopic (exact) mass is 399 g/mol. The lowest BCUT2D eigenvalue weighted by atomic mass is 9.78. The predicted molar refractivity (Wildman–Crippen MR) is 116 cm³/mol. The van der Waals surface area contributed by atoms with Crippen molar-refractivity contribution in [1.82, 2.24) is 4.90 Å². The van der Waals surface area contributed by atoms with Crippen LogP contribution < -0.4 is 0 Å². The highest BCUT2D eigenvalue weighted by atomic mass is 35.5. The van der Waals surface area contributed by atoms with E-state index in [1.807, 2.05) is 67.6 Å². The lowest BCUT2D eigenvalue weighted by Crippen LogP contribution is -2.44. The Morgan fingerprint density at radius 1 is 1.14 bits per heavy atom. The van der Waals surface area contributed by atoms with E-state index in [1.54, 1.807) is 18.0 Å². The van der Waals surface area contributed by atoms with Crippen molar-refractivity contribution in [1.29, 1.82) is 0 Å². The highest BCUT2D eigenvalue weighted by Gasteiger charge is 2.39. The van der Waals surface area contributed by atoms with Gasteiger partial charge in [-0.05, 0) is 30.4 Å². The Labute approximate surface area is 173 Å². The normalized spacial score (nSPS) is 15.3. The summed E-state index contributed by atoms with van der Waals surface area (Å²) < 4.78 is 0. The van der Waals surface area contributed by atoms with Gasteiger partial charge in [0.15, 0.2) is 0 Å². The van der Waals surface area contributed by atoms with Gasteiger partial charge in [-0.3, -0.25) is 4.79 Å². The van der Waals surface area contributed by atoms with Gasteiger partial charge in [0.2, 0.25) is 5.91 Å². The minimum Gasteiger partial charge on any atom is -0.386 e. The number of benzene rings is 2. The average Bonchev–Trinajstić information content (AvgIpc) is 2.76. The summed E-state index contributed by atoms with van der Waals surface area (Å²) in [6, 6.07) is 18.6. The molecule has 3 nitrogen and oxygen atoms in total. The van der Waals surface area contributed by atoms with E-state index in [1.165, 1.54) is 0 Å². The summed E-state index contributed by atoms with van der Waals surface area (Å²) in [6.45, 7) is 5.94. The molecular weight excluding hydrogens is 370 g/mol. The molecule has 150 valence electrons. The van der Waals surface area contributed by atoms with Crippen molar-refractivity contribution in [3.63, 3.8) is 0 Å². The molecule has 0 aromatic heterocycles. The first-order chi connectivity index (χ1) is 13.5. The van der Waals surface area contributed by atoms with Gasteiger partial charge in [0.25, 0.3) is 0 Å². The number of alkyl halides is 1. The van der Waals surface area contributed by atoms with Gasteiger partial charge in [-0.15, -0.1) is 18.2 Å². The summed E-state index contributed by atoms with van der Waals surface area (Å²) in [5.74, 6) is 0.459. The largest absolute Gasteiger partial charge is 0.386 e. The first kappa shape index (κ1) is 22.2. The minimum atomic E-state index is -0.843. The Kier molecular flexibility index (Phi) is 8.28. The number of hydrogen-bond acceptors (Lipinski definition) is 2. The molecule has 28 heavy (non-hydrogen) atoms. The molecule has 2 aromatic carbocycles. The second-order valence-corrected chi connectivity index (χ2v) is 7.51. The van der Waals surface area contributed by atoms with Crippen molar-refractivity contribution in [2.24, 2.45) is 5.41 Å². The molecule has 0 saturated carbocycles. The van der Waals surface area contributed by atoms with Crippen molar-refractivity contribution in [3.8, 4) is 0 Å². The Morgan fingerprint density at radius 2 is 1.68 bits per heavy atom. The van der Waals surface area contributed by atoms with E-state index in [0.717, 1.165) is 17.5 Å². The van der Waals surface area contributed by atoms with E-state index in [9.17, 15) is 9.90 Å². The summed E-state index contributed by atoms with van der Waals surface area (Å²) in [6.07, 6.45) is 2.92. The van der Waals surface area contributed by atoms with Crippen LogP contribution in [0.5, 0.6) is 0 Å². The van der Waals surface area contributed by atoms with Crippen LogP contribution in [0.4, 0.5) is 0 Å². The van der Waals surface area contributed by atoms with Crippen LogP contribution in [0.2, 0.25) is 0 Å². The number of likely N-dealkylation sites (N-methyl/N-ethyl adjacent to an activating group) is 1. The second kappa shape index (κ2) is 10.4. The second-order valence-electron chi connectivity index (χ2n) is 7.13. The molecular formula is C24H30ClNO2. The van der Waals surface area contributed by atoms with Crippen LogP contribution in [-0.2, 0) is 4.79 Å². The number of rotatable bonds is 10. The maximum absolute atomic E-state index is 13.6. The fourth-order valence-electron chi connectivity index (χ4n) is 3.73. The van der Waals surface area contributed by atoms with Crippen molar-refractivity contribution in [3.05, 3.63) is 84.4 Å². The summed E-state index contributed by atoms with van der Waals surface area (Å²) in [5.41, 5.74) is 0.978. The van der Waals surface area contributed by atoms with Crippen LogP contribution in [0.25, 0.3) is 0 Å². The van der Waals surface area contributed by atoms with Gasteiger partial charge in [0.05, 0.1) is 11.5 Å². The van der Waals surface area contributed by atoms with Crippen LogP contribution in [0, 0.1) is 5.41 Å². The van der Waals surface area contributed by atoms with E-state index in [0.29, 0.717) is 18.7 Å². The van der Waals surface area contributed by atoms with Crippen LogP contribution in [-0.4, -0.2) is 28.8 Å². The summed E-state index contributed by atoms with van der Waals surface area (Å²) in [7, 11) is 1.76. The molecule has 0 unspecified atom stereocenters. The van der Waals surface area contributed by atoms with Gasteiger partial charge in [-0.2, -0.15) is 0 Å². The lowest BCUT2D eigenvalue weighted by molar-refractivity contribution is -0.143. The smallest absolute Gasteiger partial charge is 0.232 e. The van der Waals surface area contributed by atoms with Gasteiger partial charge >= 0.3 is 0 Å². The Balaban J connectivity index is 2.44. The van der Waals surface area contributed by atoms with E-state index in [2.05, 4.69) is 6.58 Å². The Bertz CT molecular complexity index is 750. The molecule has 0 heterocycles. The highest BCUT2D eigenvalue weighted by Crippen LogP contribution is 2.39. The standard InChI is InChI=1S/C24H30ClNO2/c1-4-24(5-2,17-12-18-25)23(28)26(3)21(19-13-8-6-9-14-19)22(27)20-15-10-7-11-16-20/h4,6-11,13-16,21-22,27H,1,5,12,17-18H2,2-3H3/t21-,22-,24-/m0/s1. The predicted octanol–water partition coefficient (Wildman–Crippen LogP) is 5.52. The van der Waals surface area contributed by atoms with Gasteiger partial charge < -0.3 is 10.0 Å². The van der Waals surface area contributed by atoms with Gasteiger partial charge in [-0.25, -0.2) is 0 Å². The summed E-state index contributed by atoms with van der Waals surface area (Å²) in [5, 5.41) is 11.2. The summed E-state index contributed by atoms with van der Waals surface area (Å²) in [4.78, 5) is 15.3. The third-order valence-corrected chi connectivity index (χ3v) is 5.79. The van der Waals surface area contributed by atoms with Crippen LogP contribution in [0.1, 0.15) is 49.5 Å². The molecule has 0 aliphatic rings. The molecule has 2 aromatic rings. The van der Waals surface area contributed by atoms with Crippen molar-refractivity contribution in [2.75, 3.05) is 12.9 Å². The molecule has 0 bridgehead atoms. The number of amides is 1. The number of aliphatic hydroxyl groups is 1. The fourth-order valence-corrected chi connectivity index (χ4v) is 3.86. The zero-order valence-corrected chi connectivity index (χ0v) is 17.5. The van der Waals surface area contributed by atoms with Crippen LogP contribution in [0.3, 0.4) is 0 Å². The number of nitrogens with zero attached hydrogens (tertiary/aromatic N) is 1. The Morgan fingerprint density at radius 3 is 2.14 bits per heavy atom. The molecule has 0 aliphatic carbocycles. The fraction of sp³-hybridized carbons (Fsp3) is 0.375. The number of carbonyl (C=O) groups is 1. The first-order valence-electron chi connectivity index (χ1n) is 9.75. The van der Waals surface area contributed by atoms with Gasteiger partial charge in [0.1, 0.15) is 6.10 Å². The van der Waals surface area contributed by atoms with Crippen molar-refractivity contribution in [2.45, 2.75) is 38.3 Å². The van der Waals surface area contributed by atoms with Crippen LogP contribution >= 0.6 is 11.6 Å². The maximum atomic E-state index is 13.6. The molecule has 0 aliphatic heterocycles. The SMILES string of the molecule is C=C[C@](CC)(CCCCl)C(=O)N(C)[C@@H](c1ccccc1)[C@@H](O)c1ccccc1. The van der Waals surface area contributed by atoms with E-state index < -0.39 is 17.6 Å².